The van der Waals surface area contributed by atoms with Crippen LogP contribution in [0.2, 0.25) is 0 Å². The minimum absolute atomic E-state index is 0.0565. The van der Waals surface area contributed by atoms with Crippen LogP contribution in [0.1, 0.15) is 33.6 Å². The zero-order valence-electron chi connectivity index (χ0n) is 12.1. The highest BCUT2D eigenvalue weighted by atomic mass is 127. The Hall–Kier alpha value is -1.16. The van der Waals surface area contributed by atoms with Crippen LogP contribution in [0.15, 0.2) is 48.5 Å². The van der Waals surface area contributed by atoms with Crippen molar-refractivity contribution in [2.75, 3.05) is 0 Å². The lowest BCUT2D eigenvalue weighted by molar-refractivity contribution is 0.0696. The van der Waals surface area contributed by atoms with Gasteiger partial charge in [-0.1, -0.05) is 12.1 Å². The average molecular weight is 535 g/mol. The monoisotopic (exact) mass is 535 g/mol. The Morgan fingerprint density at radius 2 is 1.48 bits per heavy atom. The molecule has 1 fully saturated rings. The summed E-state index contributed by atoms with van der Waals surface area (Å²) in [6, 6.07) is 14.9. The van der Waals surface area contributed by atoms with E-state index in [9.17, 15) is 9.59 Å². The quantitative estimate of drug-likeness (QED) is 0.581. The summed E-state index contributed by atoms with van der Waals surface area (Å²) in [7, 11) is 0. The fraction of sp³-hybridized carbons (Fsp3) is 0.176. The molecule has 1 amide bonds. The number of amides is 1. The topological polar surface area (TPSA) is 66.4 Å². The Kier molecular flexibility index (Phi) is 6.82. The second-order valence-electron chi connectivity index (χ2n) is 5.07. The fourth-order valence-electron chi connectivity index (χ4n) is 1.75. The van der Waals surface area contributed by atoms with Gasteiger partial charge in [0.05, 0.1) is 5.56 Å². The van der Waals surface area contributed by atoms with Crippen molar-refractivity contribution in [3.05, 3.63) is 66.8 Å². The van der Waals surface area contributed by atoms with E-state index >= 15 is 0 Å². The Balaban J connectivity index is 0.000000174. The number of carbonyl (C=O) groups is 2. The van der Waals surface area contributed by atoms with E-state index in [4.69, 9.17) is 5.11 Å². The molecule has 0 heterocycles. The summed E-state index contributed by atoms with van der Waals surface area (Å²) >= 11 is 4.28. The summed E-state index contributed by atoms with van der Waals surface area (Å²) in [5.74, 6) is -0.820. The summed E-state index contributed by atoms with van der Waals surface area (Å²) < 4.78 is 2.04. The SMILES string of the molecule is O=C(NC1CC1)c1cccc(I)c1.O=C(O)c1cccc(I)c1. The maximum absolute atomic E-state index is 11.5. The van der Waals surface area contributed by atoms with Crippen molar-refractivity contribution in [2.24, 2.45) is 0 Å². The zero-order valence-corrected chi connectivity index (χ0v) is 16.4. The minimum atomic E-state index is -0.876. The number of carboxylic acid groups (broad SMARTS) is 1. The van der Waals surface area contributed by atoms with Gasteiger partial charge in [0, 0.05) is 18.7 Å². The van der Waals surface area contributed by atoms with E-state index in [0.717, 1.165) is 25.5 Å². The van der Waals surface area contributed by atoms with Gasteiger partial charge in [-0.05, 0) is 94.4 Å². The van der Waals surface area contributed by atoms with E-state index in [1.54, 1.807) is 18.2 Å². The average Bonchev–Trinajstić information content (AvgIpc) is 3.32. The van der Waals surface area contributed by atoms with Crippen LogP contribution in [0.5, 0.6) is 0 Å². The second kappa shape index (κ2) is 8.62. The van der Waals surface area contributed by atoms with Gasteiger partial charge in [-0.15, -0.1) is 0 Å². The molecule has 2 N–H and O–H groups in total. The lowest BCUT2D eigenvalue weighted by atomic mass is 10.2. The molecule has 2 aromatic carbocycles. The van der Waals surface area contributed by atoms with Gasteiger partial charge in [-0.25, -0.2) is 4.79 Å². The molecular weight excluding hydrogens is 520 g/mol. The van der Waals surface area contributed by atoms with Crippen LogP contribution in [0.25, 0.3) is 0 Å². The van der Waals surface area contributed by atoms with Gasteiger partial charge in [0.25, 0.3) is 5.91 Å². The Morgan fingerprint density at radius 3 is 1.91 bits per heavy atom. The standard InChI is InChI=1S/C10H10INO.C7H5IO2/c11-8-3-1-2-7(6-8)10(13)12-9-4-5-9;8-6-3-1-2-5(4-6)7(9)10/h1-3,6,9H,4-5H2,(H,12,13);1-4H,(H,9,10). The maximum Gasteiger partial charge on any atom is 0.335 e. The van der Waals surface area contributed by atoms with Crippen molar-refractivity contribution in [1.29, 1.82) is 0 Å². The number of carbonyl (C=O) groups excluding carboxylic acids is 1. The summed E-state index contributed by atoms with van der Waals surface area (Å²) in [4.78, 5) is 21.9. The molecule has 0 saturated heterocycles. The third-order valence-electron chi connectivity index (χ3n) is 3.07. The smallest absolute Gasteiger partial charge is 0.335 e. The van der Waals surface area contributed by atoms with Crippen LogP contribution in [0.3, 0.4) is 0 Å². The van der Waals surface area contributed by atoms with E-state index in [2.05, 4.69) is 50.5 Å². The molecular formula is C17H15I2NO3. The maximum atomic E-state index is 11.5. The molecule has 0 radical (unpaired) electrons. The van der Waals surface area contributed by atoms with Crippen LogP contribution in [0.4, 0.5) is 0 Å². The first-order chi connectivity index (χ1) is 11.0. The third-order valence-corrected chi connectivity index (χ3v) is 4.41. The lowest BCUT2D eigenvalue weighted by Gasteiger charge is -2.02. The Bertz CT molecular complexity index is 714. The fourth-order valence-corrected chi connectivity index (χ4v) is 2.83. The molecule has 4 nitrogen and oxygen atoms in total. The molecule has 3 rings (SSSR count). The van der Waals surface area contributed by atoms with Crippen LogP contribution >= 0.6 is 45.2 Å². The highest BCUT2D eigenvalue weighted by molar-refractivity contribution is 14.1. The Labute approximate surface area is 162 Å². The molecule has 1 aliphatic carbocycles. The zero-order chi connectivity index (χ0) is 16.8. The molecule has 0 atom stereocenters. The lowest BCUT2D eigenvalue weighted by Crippen LogP contribution is -2.25. The number of benzene rings is 2. The predicted molar refractivity (Wildman–Crippen MR) is 106 cm³/mol. The van der Waals surface area contributed by atoms with E-state index in [1.165, 1.54) is 0 Å². The summed E-state index contributed by atoms with van der Waals surface area (Å²) in [6.45, 7) is 0. The normalized spacial score (nSPS) is 12.8. The van der Waals surface area contributed by atoms with Gasteiger partial charge < -0.3 is 10.4 Å². The predicted octanol–water partition coefficient (Wildman–Crippen LogP) is 4.17. The number of rotatable bonds is 3. The molecule has 1 aliphatic rings. The van der Waals surface area contributed by atoms with Crippen LogP contribution in [-0.2, 0) is 0 Å². The van der Waals surface area contributed by atoms with E-state index in [1.807, 2.05) is 30.3 Å². The number of halogens is 2. The van der Waals surface area contributed by atoms with Gasteiger partial charge in [0.1, 0.15) is 0 Å². The molecule has 0 aliphatic heterocycles. The van der Waals surface area contributed by atoms with E-state index in [-0.39, 0.29) is 5.91 Å². The number of hydrogen-bond acceptors (Lipinski definition) is 2. The van der Waals surface area contributed by atoms with Gasteiger partial charge in [0.2, 0.25) is 0 Å². The summed E-state index contributed by atoms with van der Waals surface area (Å²) in [5.41, 5.74) is 1.10. The van der Waals surface area contributed by atoms with Gasteiger partial charge in [-0.2, -0.15) is 0 Å². The largest absolute Gasteiger partial charge is 0.478 e. The van der Waals surface area contributed by atoms with Crippen molar-refractivity contribution >= 4 is 57.1 Å². The molecule has 0 unspecified atom stereocenters. The number of hydrogen-bond donors (Lipinski definition) is 2. The first-order valence-electron chi connectivity index (χ1n) is 7.01. The van der Waals surface area contributed by atoms with Crippen molar-refractivity contribution in [3.8, 4) is 0 Å². The van der Waals surface area contributed by atoms with E-state index < -0.39 is 5.97 Å². The van der Waals surface area contributed by atoms with Gasteiger partial charge in [-0.3, -0.25) is 4.79 Å². The summed E-state index contributed by atoms with van der Waals surface area (Å²) in [6.07, 6.45) is 2.27. The highest BCUT2D eigenvalue weighted by Crippen LogP contribution is 2.19. The Morgan fingerprint density at radius 1 is 0.957 bits per heavy atom. The first kappa shape index (κ1) is 18.2. The van der Waals surface area contributed by atoms with Crippen LogP contribution < -0.4 is 5.32 Å². The second-order valence-corrected chi connectivity index (χ2v) is 7.56. The molecule has 6 heteroatoms. The van der Waals surface area contributed by atoms with Crippen molar-refractivity contribution < 1.29 is 14.7 Å². The van der Waals surface area contributed by atoms with Crippen molar-refractivity contribution in [3.63, 3.8) is 0 Å². The molecule has 1 saturated carbocycles. The van der Waals surface area contributed by atoms with E-state index in [0.29, 0.717) is 11.6 Å². The third kappa shape index (κ3) is 6.46. The minimum Gasteiger partial charge on any atom is -0.478 e. The van der Waals surface area contributed by atoms with Gasteiger partial charge in [0.15, 0.2) is 0 Å². The molecule has 23 heavy (non-hydrogen) atoms. The first-order valence-corrected chi connectivity index (χ1v) is 9.17. The van der Waals surface area contributed by atoms with Crippen molar-refractivity contribution in [2.45, 2.75) is 18.9 Å². The summed E-state index contributed by atoms with van der Waals surface area (Å²) in [5, 5.41) is 11.5. The number of nitrogens with one attached hydrogen (secondary N) is 1. The molecule has 0 aromatic heterocycles. The van der Waals surface area contributed by atoms with Crippen LogP contribution in [0, 0.1) is 7.14 Å². The molecule has 120 valence electrons. The number of carboxylic acids is 1. The van der Waals surface area contributed by atoms with Crippen LogP contribution in [-0.4, -0.2) is 23.0 Å². The highest BCUT2D eigenvalue weighted by Gasteiger charge is 2.23. The number of aromatic carboxylic acids is 1. The van der Waals surface area contributed by atoms with Crippen molar-refractivity contribution in [1.82, 2.24) is 5.32 Å². The molecule has 0 spiro atoms. The van der Waals surface area contributed by atoms with Gasteiger partial charge >= 0.3 is 5.97 Å². The molecule has 0 bridgehead atoms. The molecule has 2 aromatic rings.